The summed E-state index contributed by atoms with van der Waals surface area (Å²) in [7, 11) is 2.00. The lowest BCUT2D eigenvalue weighted by Crippen LogP contribution is -2.16. The number of nitrogens with zero attached hydrogens (tertiary/aromatic N) is 1. The van der Waals surface area contributed by atoms with Gasteiger partial charge in [-0.2, -0.15) is 0 Å². The summed E-state index contributed by atoms with van der Waals surface area (Å²) in [6.07, 6.45) is 0. The van der Waals surface area contributed by atoms with Gasteiger partial charge in [-0.25, -0.2) is 4.39 Å². The van der Waals surface area contributed by atoms with Crippen LogP contribution in [0.4, 0.5) is 4.39 Å². The number of aliphatic hydroxyl groups excluding tert-OH is 1. The van der Waals surface area contributed by atoms with Crippen LogP contribution in [0.3, 0.4) is 0 Å². The molecule has 2 aromatic rings. The summed E-state index contributed by atoms with van der Waals surface area (Å²) in [6.45, 7) is 1.37. The molecule has 0 saturated heterocycles. The zero-order valence-electron chi connectivity index (χ0n) is 11.3. The van der Waals surface area contributed by atoms with E-state index in [9.17, 15) is 4.39 Å². The molecule has 0 bridgehead atoms. The molecule has 0 unspecified atom stereocenters. The van der Waals surface area contributed by atoms with Crippen molar-refractivity contribution in [1.82, 2.24) is 4.90 Å². The Bertz CT molecular complexity index is 627. The molecule has 4 heteroatoms. The summed E-state index contributed by atoms with van der Waals surface area (Å²) in [4.78, 5) is 3.33. The second kappa shape index (κ2) is 7.20. The van der Waals surface area contributed by atoms with Crippen molar-refractivity contribution in [2.45, 2.75) is 13.1 Å². The molecular formula is C16H16FNOS. The molecule has 0 spiro atoms. The van der Waals surface area contributed by atoms with Gasteiger partial charge in [0.2, 0.25) is 0 Å². The lowest BCUT2D eigenvalue weighted by atomic mass is 10.2. The quantitative estimate of drug-likeness (QED) is 0.875. The summed E-state index contributed by atoms with van der Waals surface area (Å²) in [5.74, 6) is 5.32. The molecule has 2 rings (SSSR count). The normalized spacial score (nSPS) is 10.4. The Morgan fingerprint density at radius 1 is 1.30 bits per heavy atom. The van der Waals surface area contributed by atoms with Gasteiger partial charge >= 0.3 is 0 Å². The van der Waals surface area contributed by atoms with E-state index in [2.05, 4.69) is 16.7 Å². The molecule has 0 amide bonds. The van der Waals surface area contributed by atoms with Crippen LogP contribution in [-0.4, -0.2) is 23.7 Å². The van der Waals surface area contributed by atoms with Crippen molar-refractivity contribution in [1.29, 1.82) is 0 Å². The van der Waals surface area contributed by atoms with Crippen molar-refractivity contribution in [3.8, 4) is 11.8 Å². The molecular weight excluding hydrogens is 273 g/mol. The Hall–Kier alpha value is -1.67. The van der Waals surface area contributed by atoms with Crippen LogP contribution < -0.4 is 0 Å². The summed E-state index contributed by atoms with van der Waals surface area (Å²) in [5, 5.41) is 10.6. The molecule has 0 aliphatic heterocycles. The van der Waals surface area contributed by atoms with Gasteiger partial charge in [-0.05, 0) is 30.8 Å². The lowest BCUT2D eigenvalue weighted by molar-refractivity contribution is 0.321. The smallest absolute Gasteiger partial charge is 0.123 e. The highest BCUT2D eigenvalue weighted by molar-refractivity contribution is 7.10. The predicted octanol–water partition coefficient (Wildman–Crippen LogP) is 2.86. The van der Waals surface area contributed by atoms with E-state index in [1.54, 1.807) is 23.5 Å². The van der Waals surface area contributed by atoms with Crippen molar-refractivity contribution >= 4 is 11.3 Å². The van der Waals surface area contributed by atoms with E-state index < -0.39 is 0 Å². The minimum Gasteiger partial charge on any atom is -0.384 e. The van der Waals surface area contributed by atoms with Gasteiger partial charge in [0.15, 0.2) is 0 Å². The van der Waals surface area contributed by atoms with E-state index in [4.69, 9.17) is 5.11 Å². The molecule has 0 aliphatic carbocycles. The number of aliphatic hydroxyl groups is 1. The fraction of sp³-hybridized carbons (Fsp3) is 0.250. The van der Waals surface area contributed by atoms with Crippen LogP contribution in [0.15, 0.2) is 35.7 Å². The van der Waals surface area contributed by atoms with Crippen LogP contribution in [0.2, 0.25) is 0 Å². The minimum absolute atomic E-state index is 0.120. The first-order chi connectivity index (χ1) is 9.67. The average molecular weight is 289 g/mol. The van der Waals surface area contributed by atoms with E-state index in [0.29, 0.717) is 6.54 Å². The third-order valence-corrected chi connectivity index (χ3v) is 3.65. The molecule has 0 fully saturated rings. The minimum atomic E-state index is -0.200. The van der Waals surface area contributed by atoms with Crippen LogP contribution in [-0.2, 0) is 13.1 Å². The second-order valence-electron chi connectivity index (χ2n) is 4.56. The Balaban J connectivity index is 1.94. The molecule has 1 aromatic heterocycles. The number of rotatable bonds is 4. The topological polar surface area (TPSA) is 23.5 Å². The maximum Gasteiger partial charge on any atom is 0.123 e. The number of thiophene rings is 1. The van der Waals surface area contributed by atoms with Gasteiger partial charge in [-0.1, -0.05) is 24.0 Å². The largest absolute Gasteiger partial charge is 0.384 e. The fourth-order valence-electron chi connectivity index (χ4n) is 1.94. The molecule has 1 aromatic carbocycles. The Morgan fingerprint density at radius 3 is 2.90 bits per heavy atom. The molecule has 1 N–H and O–H groups in total. The van der Waals surface area contributed by atoms with Gasteiger partial charge in [0, 0.05) is 28.9 Å². The summed E-state index contributed by atoms with van der Waals surface area (Å²) < 4.78 is 13.1. The van der Waals surface area contributed by atoms with E-state index in [0.717, 1.165) is 17.7 Å². The first kappa shape index (κ1) is 14.7. The maximum absolute atomic E-state index is 13.1. The molecule has 0 atom stereocenters. The Morgan fingerprint density at radius 2 is 2.15 bits per heavy atom. The van der Waals surface area contributed by atoms with Crippen molar-refractivity contribution in [2.24, 2.45) is 0 Å². The zero-order chi connectivity index (χ0) is 14.4. The van der Waals surface area contributed by atoms with E-state index in [-0.39, 0.29) is 12.4 Å². The highest BCUT2D eigenvalue weighted by atomic mass is 32.1. The number of benzene rings is 1. The first-order valence-electron chi connectivity index (χ1n) is 6.27. The third-order valence-electron chi connectivity index (χ3n) is 2.73. The second-order valence-corrected chi connectivity index (χ2v) is 5.56. The molecule has 104 valence electrons. The third kappa shape index (κ3) is 4.46. The highest BCUT2D eigenvalue weighted by Crippen LogP contribution is 2.17. The summed E-state index contributed by atoms with van der Waals surface area (Å²) in [5.41, 5.74) is 1.89. The van der Waals surface area contributed by atoms with Crippen LogP contribution in [0.25, 0.3) is 0 Å². The molecule has 0 radical (unpaired) electrons. The van der Waals surface area contributed by atoms with Crippen molar-refractivity contribution in [3.05, 3.63) is 57.5 Å². The lowest BCUT2D eigenvalue weighted by Gasteiger charge is -2.15. The van der Waals surface area contributed by atoms with Crippen LogP contribution in [0.1, 0.15) is 16.0 Å². The van der Waals surface area contributed by atoms with Crippen molar-refractivity contribution < 1.29 is 9.50 Å². The van der Waals surface area contributed by atoms with Crippen LogP contribution in [0.5, 0.6) is 0 Å². The molecule has 0 saturated carbocycles. The number of hydrogen-bond acceptors (Lipinski definition) is 3. The summed E-state index contributed by atoms with van der Waals surface area (Å²) in [6, 6.07) is 8.69. The van der Waals surface area contributed by atoms with Gasteiger partial charge in [0.05, 0.1) is 0 Å². The Kier molecular flexibility index (Phi) is 5.31. The monoisotopic (exact) mass is 289 g/mol. The molecule has 0 aliphatic rings. The van der Waals surface area contributed by atoms with E-state index in [1.807, 2.05) is 24.6 Å². The number of halogens is 1. The first-order valence-corrected chi connectivity index (χ1v) is 7.15. The number of hydrogen-bond donors (Lipinski definition) is 1. The van der Waals surface area contributed by atoms with Gasteiger partial charge in [0.25, 0.3) is 0 Å². The van der Waals surface area contributed by atoms with Gasteiger partial charge < -0.3 is 5.11 Å². The van der Waals surface area contributed by atoms with E-state index in [1.165, 1.54) is 10.9 Å². The zero-order valence-corrected chi connectivity index (χ0v) is 12.1. The van der Waals surface area contributed by atoms with Crippen LogP contribution in [0, 0.1) is 17.7 Å². The van der Waals surface area contributed by atoms with Gasteiger partial charge in [0.1, 0.15) is 12.4 Å². The van der Waals surface area contributed by atoms with Gasteiger partial charge in [-0.15, -0.1) is 11.3 Å². The average Bonchev–Trinajstić information content (AvgIpc) is 2.83. The summed E-state index contributed by atoms with van der Waals surface area (Å²) >= 11 is 1.64. The van der Waals surface area contributed by atoms with Crippen LogP contribution >= 0.6 is 11.3 Å². The molecule has 2 nitrogen and oxygen atoms in total. The SMILES string of the molecule is CN(Cc1cccc(F)c1)Cc1cc(C#CCO)cs1. The standard InChI is InChI=1S/C16H16FNOS/c1-18(10-13-4-2-6-15(17)8-13)11-16-9-14(12-20-16)5-3-7-19/h2,4,6,8-9,12,19H,7,10-11H2,1H3. The predicted molar refractivity (Wildman–Crippen MR) is 79.9 cm³/mol. The maximum atomic E-state index is 13.1. The van der Waals surface area contributed by atoms with E-state index >= 15 is 0 Å². The van der Waals surface area contributed by atoms with Crippen molar-refractivity contribution in [2.75, 3.05) is 13.7 Å². The highest BCUT2D eigenvalue weighted by Gasteiger charge is 2.05. The molecule has 1 heterocycles. The fourth-order valence-corrected chi connectivity index (χ4v) is 2.83. The molecule has 20 heavy (non-hydrogen) atoms. The van der Waals surface area contributed by atoms with Crippen molar-refractivity contribution in [3.63, 3.8) is 0 Å². The Labute approximate surface area is 122 Å². The van der Waals surface area contributed by atoms with Gasteiger partial charge in [-0.3, -0.25) is 4.90 Å².